The lowest BCUT2D eigenvalue weighted by Crippen LogP contribution is -2.06. The standard InChI is InChI=1S/C28H23NO/c1-3-20-9-14-24(15-10-20)29-27-16-13-23(22-11-7-21(18-30)8-12-22)17-26(27)25-6-4-5-19(2)28(25)29/h3-4,6-19H,1,5H2,2H3. The molecule has 1 aliphatic carbocycles. The van der Waals surface area contributed by atoms with Crippen LogP contribution >= 0.6 is 0 Å². The molecule has 0 radical (unpaired) electrons. The Labute approximate surface area is 176 Å². The van der Waals surface area contributed by atoms with Gasteiger partial charge in [-0.25, -0.2) is 0 Å². The zero-order chi connectivity index (χ0) is 20.7. The molecular weight excluding hydrogens is 366 g/mol. The highest BCUT2D eigenvalue weighted by molar-refractivity contribution is 5.96. The monoisotopic (exact) mass is 389 g/mol. The van der Waals surface area contributed by atoms with Crippen LogP contribution in [0.25, 0.3) is 39.9 Å². The Morgan fingerprint density at radius 3 is 2.33 bits per heavy atom. The first-order chi connectivity index (χ1) is 14.7. The topological polar surface area (TPSA) is 22.0 Å². The third-order valence-electron chi connectivity index (χ3n) is 6.05. The minimum atomic E-state index is 0.451. The van der Waals surface area contributed by atoms with Crippen LogP contribution in [0.5, 0.6) is 0 Å². The number of nitrogens with zero attached hydrogens (tertiary/aromatic N) is 1. The van der Waals surface area contributed by atoms with Crippen molar-refractivity contribution in [2.24, 2.45) is 0 Å². The van der Waals surface area contributed by atoms with Crippen LogP contribution in [-0.2, 0) is 0 Å². The van der Waals surface area contributed by atoms with Crippen molar-refractivity contribution in [2.75, 3.05) is 0 Å². The Morgan fingerprint density at radius 2 is 1.63 bits per heavy atom. The highest BCUT2D eigenvalue weighted by atomic mass is 16.1. The van der Waals surface area contributed by atoms with E-state index in [4.69, 9.17) is 0 Å². The van der Waals surface area contributed by atoms with Crippen LogP contribution < -0.4 is 0 Å². The lowest BCUT2D eigenvalue weighted by Gasteiger charge is -2.19. The quantitative estimate of drug-likeness (QED) is 0.336. The van der Waals surface area contributed by atoms with Crippen LogP contribution in [0.1, 0.15) is 46.4 Å². The summed E-state index contributed by atoms with van der Waals surface area (Å²) in [5, 5.41) is 1.26. The summed E-state index contributed by atoms with van der Waals surface area (Å²) in [5.41, 5.74) is 9.17. The van der Waals surface area contributed by atoms with Gasteiger partial charge in [-0.1, -0.05) is 74.2 Å². The smallest absolute Gasteiger partial charge is 0.150 e. The van der Waals surface area contributed by atoms with Gasteiger partial charge in [0.15, 0.2) is 0 Å². The molecule has 1 heterocycles. The first-order valence-electron chi connectivity index (χ1n) is 10.3. The van der Waals surface area contributed by atoms with Crippen molar-refractivity contribution in [1.82, 2.24) is 4.57 Å². The molecular formula is C28H23NO. The van der Waals surface area contributed by atoms with Gasteiger partial charge in [0.05, 0.1) is 5.52 Å². The predicted octanol–water partition coefficient (Wildman–Crippen LogP) is 7.27. The third-order valence-corrected chi connectivity index (χ3v) is 6.05. The van der Waals surface area contributed by atoms with E-state index in [9.17, 15) is 4.79 Å². The summed E-state index contributed by atoms with van der Waals surface area (Å²) in [5.74, 6) is 0.451. The average Bonchev–Trinajstić information content (AvgIpc) is 3.14. The molecule has 4 aromatic rings. The zero-order valence-corrected chi connectivity index (χ0v) is 17.0. The number of hydrogen-bond acceptors (Lipinski definition) is 1. The van der Waals surface area contributed by atoms with Crippen molar-refractivity contribution in [3.05, 3.63) is 102 Å². The fourth-order valence-electron chi connectivity index (χ4n) is 4.47. The summed E-state index contributed by atoms with van der Waals surface area (Å²) in [6, 6.07) is 23.0. The molecule has 146 valence electrons. The van der Waals surface area contributed by atoms with Gasteiger partial charge in [-0.2, -0.15) is 0 Å². The molecule has 3 aromatic carbocycles. The van der Waals surface area contributed by atoms with E-state index in [-0.39, 0.29) is 0 Å². The average molecular weight is 389 g/mol. The van der Waals surface area contributed by atoms with Gasteiger partial charge >= 0.3 is 0 Å². The van der Waals surface area contributed by atoms with Gasteiger partial charge < -0.3 is 4.57 Å². The summed E-state index contributed by atoms with van der Waals surface area (Å²) in [6.45, 7) is 6.17. The van der Waals surface area contributed by atoms with Crippen molar-refractivity contribution >= 4 is 29.3 Å². The summed E-state index contributed by atoms with van der Waals surface area (Å²) >= 11 is 0. The fourth-order valence-corrected chi connectivity index (χ4v) is 4.47. The normalized spacial score (nSPS) is 15.2. The predicted molar refractivity (Wildman–Crippen MR) is 126 cm³/mol. The van der Waals surface area contributed by atoms with Gasteiger partial charge in [-0.15, -0.1) is 0 Å². The minimum absolute atomic E-state index is 0.451. The van der Waals surface area contributed by atoms with Crippen molar-refractivity contribution in [3.8, 4) is 16.8 Å². The van der Waals surface area contributed by atoms with E-state index in [0.29, 0.717) is 11.5 Å². The minimum Gasteiger partial charge on any atom is -0.313 e. The number of carbonyl (C=O) groups is 1. The first-order valence-corrected chi connectivity index (χ1v) is 10.3. The maximum Gasteiger partial charge on any atom is 0.150 e. The molecule has 0 saturated carbocycles. The van der Waals surface area contributed by atoms with Gasteiger partial charge in [-0.05, 0) is 47.4 Å². The molecule has 0 fully saturated rings. The second-order valence-electron chi connectivity index (χ2n) is 7.94. The van der Waals surface area contributed by atoms with Crippen LogP contribution in [0.3, 0.4) is 0 Å². The molecule has 2 nitrogen and oxygen atoms in total. The van der Waals surface area contributed by atoms with Gasteiger partial charge in [-0.3, -0.25) is 4.79 Å². The molecule has 1 aliphatic rings. The lowest BCUT2D eigenvalue weighted by molar-refractivity contribution is 0.112. The SMILES string of the molecule is C=Cc1ccc(-n2c3c(c4cc(-c5ccc(C=O)cc5)ccc42)C=CCC3C)cc1. The molecule has 0 aliphatic heterocycles. The van der Waals surface area contributed by atoms with E-state index in [1.165, 1.54) is 27.8 Å². The third kappa shape index (κ3) is 2.93. The van der Waals surface area contributed by atoms with Crippen molar-refractivity contribution in [2.45, 2.75) is 19.3 Å². The number of aromatic nitrogens is 1. The van der Waals surface area contributed by atoms with Crippen LogP contribution in [0.2, 0.25) is 0 Å². The number of carbonyl (C=O) groups excluding carboxylic acids is 1. The molecule has 2 heteroatoms. The van der Waals surface area contributed by atoms with E-state index in [1.54, 1.807) is 0 Å². The highest BCUT2D eigenvalue weighted by Crippen LogP contribution is 2.40. The Hall–Kier alpha value is -3.65. The second-order valence-corrected chi connectivity index (χ2v) is 7.94. The largest absolute Gasteiger partial charge is 0.313 e. The van der Waals surface area contributed by atoms with E-state index < -0.39 is 0 Å². The van der Waals surface area contributed by atoms with Gasteiger partial charge in [0.2, 0.25) is 0 Å². The van der Waals surface area contributed by atoms with Gasteiger partial charge in [0, 0.05) is 33.8 Å². The lowest BCUT2D eigenvalue weighted by atomic mass is 9.92. The fraction of sp³-hybridized carbons (Fsp3) is 0.107. The molecule has 0 saturated heterocycles. The van der Waals surface area contributed by atoms with Crippen molar-refractivity contribution in [1.29, 1.82) is 0 Å². The molecule has 1 aromatic heterocycles. The van der Waals surface area contributed by atoms with Gasteiger partial charge in [0.25, 0.3) is 0 Å². The van der Waals surface area contributed by atoms with Crippen LogP contribution in [0, 0.1) is 0 Å². The Bertz CT molecular complexity index is 1290. The molecule has 0 spiro atoms. The second kappa shape index (κ2) is 7.31. The number of rotatable bonds is 4. The zero-order valence-electron chi connectivity index (χ0n) is 17.0. The van der Waals surface area contributed by atoms with Crippen LogP contribution in [-0.4, -0.2) is 10.9 Å². The number of fused-ring (bicyclic) bond motifs is 3. The number of benzene rings is 3. The van der Waals surface area contributed by atoms with Gasteiger partial charge in [0.1, 0.15) is 6.29 Å². The highest BCUT2D eigenvalue weighted by Gasteiger charge is 2.23. The Kier molecular flexibility index (Phi) is 4.48. The van der Waals surface area contributed by atoms with Crippen molar-refractivity contribution in [3.63, 3.8) is 0 Å². The number of aldehydes is 1. The number of allylic oxidation sites excluding steroid dienone is 1. The van der Waals surface area contributed by atoms with E-state index >= 15 is 0 Å². The molecule has 0 amide bonds. The molecule has 5 rings (SSSR count). The number of hydrogen-bond donors (Lipinski definition) is 0. The molecule has 0 N–H and O–H groups in total. The summed E-state index contributed by atoms with van der Waals surface area (Å²) in [6.07, 6.45) is 8.36. The van der Waals surface area contributed by atoms with E-state index in [1.807, 2.05) is 30.3 Å². The molecule has 1 atom stereocenters. The van der Waals surface area contributed by atoms with E-state index in [0.717, 1.165) is 29.4 Å². The Balaban J connectivity index is 1.73. The molecule has 30 heavy (non-hydrogen) atoms. The molecule has 1 unspecified atom stereocenters. The van der Waals surface area contributed by atoms with Crippen LogP contribution in [0.15, 0.2) is 79.4 Å². The van der Waals surface area contributed by atoms with Crippen LogP contribution in [0.4, 0.5) is 0 Å². The maximum absolute atomic E-state index is 11.0. The molecule has 0 bridgehead atoms. The van der Waals surface area contributed by atoms with Crippen molar-refractivity contribution < 1.29 is 4.79 Å². The summed E-state index contributed by atoms with van der Waals surface area (Å²) in [4.78, 5) is 11.0. The summed E-state index contributed by atoms with van der Waals surface area (Å²) in [7, 11) is 0. The first kappa shape index (κ1) is 18.4. The maximum atomic E-state index is 11.0. The Morgan fingerprint density at radius 1 is 0.933 bits per heavy atom. The summed E-state index contributed by atoms with van der Waals surface area (Å²) < 4.78 is 2.41. The van der Waals surface area contributed by atoms with E-state index in [2.05, 4.69) is 72.7 Å².